The van der Waals surface area contributed by atoms with Crippen molar-refractivity contribution in [1.29, 1.82) is 0 Å². The first-order valence-corrected chi connectivity index (χ1v) is 4.66. The molecule has 0 aliphatic carbocycles. The Hall–Kier alpha value is -0.200. The molecule has 0 aliphatic heterocycles. The third kappa shape index (κ3) is 8.14. The normalized spacial score (nSPS) is 11.5. The molecule has 0 atom stereocenters. The quantitative estimate of drug-likeness (QED) is 0.431. The smallest absolute Gasteiger partial charge is 0.0617 e. The molecule has 0 saturated carbocycles. The van der Waals surface area contributed by atoms with Crippen molar-refractivity contribution in [3.8, 4) is 0 Å². The van der Waals surface area contributed by atoms with Gasteiger partial charge in [0.25, 0.3) is 0 Å². The second kappa shape index (κ2) is 8.40. The van der Waals surface area contributed by atoms with Crippen LogP contribution in [0.25, 0.3) is 0 Å². The predicted octanol–water partition coefficient (Wildman–Crippen LogP) is 0.425. The minimum atomic E-state index is 0.488. The molecule has 0 aromatic heterocycles. The average Bonchev–Trinajstić information content (AvgIpc) is 2.16. The van der Waals surface area contributed by atoms with E-state index in [0.29, 0.717) is 39.4 Å². The van der Waals surface area contributed by atoms with Crippen molar-refractivity contribution < 1.29 is 15.2 Å². The third-order valence-corrected chi connectivity index (χ3v) is 1.72. The molecule has 0 amide bonds. The summed E-state index contributed by atoms with van der Waals surface area (Å²) in [6.45, 7) is 6.93. The van der Waals surface area contributed by atoms with E-state index in [-0.39, 0.29) is 0 Å². The maximum absolute atomic E-state index is 9.01. The highest BCUT2D eigenvalue weighted by Crippen LogP contribution is 1.84. The number of nitrogens with zero attached hydrogens (tertiary/aromatic N) is 2. The van der Waals surface area contributed by atoms with Crippen LogP contribution in [0.4, 0.5) is 0 Å². The molecular weight excluding hydrogens is 172 g/mol. The summed E-state index contributed by atoms with van der Waals surface area (Å²) >= 11 is 0. The van der Waals surface area contributed by atoms with Crippen molar-refractivity contribution in [2.45, 2.75) is 13.8 Å². The fourth-order valence-corrected chi connectivity index (χ4v) is 0.758. The van der Waals surface area contributed by atoms with Crippen LogP contribution in [0.5, 0.6) is 0 Å². The molecule has 2 N–H and O–H groups in total. The summed E-state index contributed by atoms with van der Waals surface area (Å²) in [5, 5.41) is 20.4. The fourth-order valence-electron chi connectivity index (χ4n) is 0.758. The molecule has 0 fully saturated rings. The standard InChI is InChI=1S/C8H20N2O3/c1-3-9(11)5-7-13-8-6-10(12)4-2/h11-12H,3-8H2,1-2H3. The average molecular weight is 192 g/mol. The lowest BCUT2D eigenvalue weighted by atomic mass is 10.6. The molecule has 0 rings (SSSR count). The molecule has 80 valence electrons. The van der Waals surface area contributed by atoms with Gasteiger partial charge in [0.1, 0.15) is 0 Å². The van der Waals surface area contributed by atoms with E-state index in [0.717, 1.165) is 0 Å². The molecule has 0 saturated heterocycles. The summed E-state index contributed by atoms with van der Waals surface area (Å²) in [6, 6.07) is 0. The summed E-state index contributed by atoms with van der Waals surface area (Å²) in [7, 11) is 0. The van der Waals surface area contributed by atoms with Crippen molar-refractivity contribution in [2.75, 3.05) is 39.4 Å². The monoisotopic (exact) mass is 192 g/mol. The van der Waals surface area contributed by atoms with Gasteiger partial charge in [-0.2, -0.15) is 10.1 Å². The van der Waals surface area contributed by atoms with E-state index in [1.165, 1.54) is 10.1 Å². The van der Waals surface area contributed by atoms with Crippen molar-refractivity contribution in [2.24, 2.45) is 0 Å². The third-order valence-electron chi connectivity index (χ3n) is 1.72. The van der Waals surface area contributed by atoms with Crippen molar-refractivity contribution in [3.05, 3.63) is 0 Å². The first kappa shape index (κ1) is 12.8. The van der Waals surface area contributed by atoms with E-state index in [9.17, 15) is 0 Å². The Morgan fingerprint density at radius 3 is 1.62 bits per heavy atom. The number of likely N-dealkylation sites (N-methyl/N-ethyl adjacent to an activating group) is 2. The van der Waals surface area contributed by atoms with Gasteiger partial charge in [-0.3, -0.25) is 0 Å². The second-order valence-corrected chi connectivity index (χ2v) is 2.70. The molecular formula is C8H20N2O3. The van der Waals surface area contributed by atoms with Gasteiger partial charge in [0.2, 0.25) is 0 Å². The van der Waals surface area contributed by atoms with E-state index in [2.05, 4.69) is 0 Å². The molecule has 0 aliphatic rings. The van der Waals surface area contributed by atoms with Crippen LogP contribution < -0.4 is 0 Å². The number of hydrogen-bond acceptors (Lipinski definition) is 5. The molecule has 0 bridgehead atoms. The lowest BCUT2D eigenvalue weighted by Crippen LogP contribution is -2.27. The Kier molecular flexibility index (Phi) is 8.27. The summed E-state index contributed by atoms with van der Waals surface area (Å²) in [6.07, 6.45) is 0. The maximum atomic E-state index is 9.01. The highest BCUT2D eigenvalue weighted by atomic mass is 16.5. The molecule has 0 heterocycles. The minimum Gasteiger partial charge on any atom is -0.379 e. The lowest BCUT2D eigenvalue weighted by Gasteiger charge is -2.14. The van der Waals surface area contributed by atoms with Gasteiger partial charge in [-0.1, -0.05) is 13.8 Å². The molecule has 5 nitrogen and oxygen atoms in total. The molecule has 5 heteroatoms. The molecule has 0 radical (unpaired) electrons. The van der Waals surface area contributed by atoms with E-state index >= 15 is 0 Å². The van der Waals surface area contributed by atoms with Gasteiger partial charge in [0.15, 0.2) is 0 Å². The van der Waals surface area contributed by atoms with E-state index in [4.69, 9.17) is 15.2 Å². The molecule has 0 aromatic carbocycles. The SMILES string of the molecule is CCN(O)CCOCCN(O)CC. The van der Waals surface area contributed by atoms with Gasteiger partial charge in [-0.05, 0) is 0 Å². The Balaban J connectivity index is 3.08. The van der Waals surface area contributed by atoms with Crippen LogP contribution in [0, 0.1) is 0 Å². The van der Waals surface area contributed by atoms with Crippen LogP contribution in [0.3, 0.4) is 0 Å². The van der Waals surface area contributed by atoms with Crippen molar-refractivity contribution in [1.82, 2.24) is 10.1 Å². The minimum absolute atomic E-state index is 0.488. The zero-order valence-corrected chi connectivity index (χ0v) is 8.44. The van der Waals surface area contributed by atoms with Crippen LogP contribution in [0.2, 0.25) is 0 Å². The number of hydrogen-bond donors (Lipinski definition) is 2. The molecule has 13 heavy (non-hydrogen) atoms. The molecule has 0 unspecified atom stereocenters. The van der Waals surface area contributed by atoms with Crippen LogP contribution in [-0.2, 0) is 4.74 Å². The topological polar surface area (TPSA) is 56.2 Å². The largest absolute Gasteiger partial charge is 0.379 e. The lowest BCUT2D eigenvalue weighted by molar-refractivity contribution is -0.116. The van der Waals surface area contributed by atoms with Crippen LogP contribution >= 0.6 is 0 Å². The Labute approximate surface area is 79.4 Å². The number of rotatable bonds is 8. The van der Waals surface area contributed by atoms with Gasteiger partial charge in [0.05, 0.1) is 13.2 Å². The van der Waals surface area contributed by atoms with E-state index in [1.807, 2.05) is 13.8 Å². The summed E-state index contributed by atoms with van der Waals surface area (Å²) in [4.78, 5) is 0. The van der Waals surface area contributed by atoms with Crippen LogP contribution in [-0.4, -0.2) is 59.9 Å². The van der Waals surface area contributed by atoms with E-state index < -0.39 is 0 Å². The highest BCUT2D eigenvalue weighted by molar-refractivity contribution is 4.42. The van der Waals surface area contributed by atoms with Crippen molar-refractivity contribution >= 4 is 0 Å². The first-order valence-electron chi connectivity index (χ1n) is 4.66. The van der Waals surface area contributed by atoms with Gasteiger partial charge < -0.3 is 15.2 Å². The zero-order chi connectivity index (χ0) is 10.1. The van der Waals surface area contributed by atoms with E-state index in [1.54, 1.807) is 0 Å². The van der Waals surface area contributed by atoms with Gasteiger partial charge in [-0.15, -0.1) is 0 Å². The summed E-state index contributed by atoms with van der Waals surface area (Å²) < 4.78 is 5.18. The predicted molar refractivity (Wildman–Crippen MR) is 48.9 cm³/mol. The first-order chi connectivity index (χ1) is 6.20. The van der Waals surface area contributed by atoms with Gasteiger partial charge in [-0.25, -0.2) is 0 Å². The Morgan fingerprint density at radius 1 is 0.923 bits per heavy atom. The summed E-state index contributed by atoms with van der Waals surface area (Å²) in [5.74, 6) is 0. The van der Waals surface area contributed by atoms with Crippen LogP contribution in [0.1, 0.15) is 13.8 Å². The van der Waals surface area contributed by atoms with Gasteiger partial charge in [0, 0.05) is 26.2 Å². The van der Waals surface area contributed by atoms with Crippen LogP contribution in [0.15, 0.2) is 0 Å². The zero-order valence-electron chi connectivity index (χ0n) is 8.44. The maximum Gasteiger partial charge on any atom is 0.0617 e. The molecule has 0 aromatic rings. The number of hydroxylamine groups is 4. The molecule has 0 spiro atoms. The Bertz CT molecular complexity index is 102. The second-order valence-electron chi connectivity index (χ2n) is 2.70. The fraction of sp³-hybridized carbons (Fsp3) is 1.00. The summed E-state index contributed by atoms with van der Waals surface area (Å²) in [5.41, 5.74) is 0. The highest BCUT2D eigenvalue weighted by Gasteiger charge is 1.98. The van der Waals surface area contributed by atoms with Gasteiger partial charge >= 0.3 is 0 Å². The van der Waals surface area contributed by atoms with Crippen molar-refractivity contribution in [3.63, 3.8) is 0 Å². The Morgan fingerprint density at radius 2 is 1.31 bits per heavy atom. The number of ether oxygens (including phenoxy) is 1.